The molecule has 0 unspecified atom stereocenters. The standard InChI is InChI=1S/C55H34N2/c1-2-16-37-32-39(31-30-35(37)14-1)51-34-52(45-25-12-17-36-15-3-4-20-41(36)45)57-54(56-51)40-19-11-18-38(33-40)42-24-13-29-50-53(42)46-23-7-10-28-49(46)55(50)47-26-8-5-21-43(47)44-22-6-9-27-48(44)55/h1-34H. The summed E-state index contributed by atoms with van der Waals surface area (Å²) < 4.78 is 0. The molecule has 0 bridgehead atoms. The summed E-state index contributed by atoms with van der Waals surface area (Å²) in [5, 5.41) is 4.76. The van der Waals surface area contributed by atoms with Crippen molar-refractivity contribution in [2.24, 2.45) is 0 Å². The van der Waals surface area contributed by atoms with Crippen LogP contribution in [0.1, 0.15) is 22.3 Å². The van der Waals surface area contributed by atoms with Crippen molar-refractivity contribution >= 4 is 21.5 Å². The van der Waals surface area contributed by atoms with Crippen molar-refractivity contribution in [3.63, 3.8) is 0 Å². The molecule has 264 valence electrons. The molecule has 0 saturated carbocycles. The van der Waals surface area contributed by atoms with Gasteiger partial charge in [0.1, 0.15) is 0 Å². The normalized spacial score (nSPS) is 13.1. The molecule has 2 heteroatoms. The van der Waals surface area contributed by atoms with Crippen LogP contribution in [0, 0.1) is 0 Å². The Bertz CT molecular complexity index is 3210. The van der Waals surface area contributed by atoms with E-state index in [1.165, 1.54) is 71.6 Å². The minimum absolute atomic E-state index is 0.391. The maximum absolute atomic E-state index is 5.35. The van der Waals surface area contributed by atoms with Gasteiger partial charge in [0.2, 0.25) is 0 Å². The molecule has 0 radical (unpaired) electrons. The fourth-order valence-corrected chi connectivity index (χ4v) is 9.87. The zero-order valence-corrected chi connectivity index (χ0v) is 31.0. The molecule has 0 atom stereocenters. The number of nitrogens with zero attached hydrogens (tertiary/aromatic N) is 2. The van der Waals surface area contributed by atoms with Crippen LogP contribution in [0.4, 0.5) is 0 Å². The SMILES string of the molecule is c1cc(-c2nc(-c3ccc4ccccc4c3)cc(-c3cccc4ccccc34)n2)cc(-c2cccc3c2-c2ccccc2C32c3ccccc3-c3ccccc32)c1. The molecular formula is C55H34N2. The summed E-state index contributed by atoms with van der Waals surface area (Å²) in [4.78, 5) is 10.7. The number of fused-ring (bicyclic) bond motifs is 12. The van der Waals surface area contributed by atoms with E-state index in [1.807, 2.05) is 0 Å². The summed E-state index contributed by atoms with van der Waals surface area (Å²) in [7, 11) is 0. The Morgan fingerprint density at radius 2 is 0.842 bits per heavy atom. The second-order valence-corrected chi connectivity index (χ2v) is 15.2. The molecule has 10 aromatic rings. The highest BCUT2D eigenvalue weighted by Gasteiger charge is 2.51. The van der Waals surface area contributed by atoms with Crippen LogP contribution in [0.15, 0.2) is 206 Å². The Kier molecular flexibility index (Phi) is 6.88. The van der Waals surface area contributed by atoms with Gasteiger partial charge in [0, 0.05) is 16.7 Å². The lowest BCUT2D eigenvalue weighted by atomic mass is 9.70. The molecule has 0 N–H and O–H groups in total. The maximum Gasteiger partial charge on any atom is 0.160 e. The Hall–Kier alpha value is -7.42. The van der Waals surface area contributed by atoms with E-state index < -0.39 is 5.41 Å². The van der Waals surface area contributed by atoms with Gasteiger partial charge in [0.15, 0.2) is 5.82 Å². The highest BCUT2D eigenvalue weighted by atomic mass is 14.9. The van der Waals surface area contributed by atoms with Gasteiger partial charge in [-0.05, 0) is 95.4 Å². The van der Waals surface area contributed by atoms with E-state index in [2.05, 4.69) is 206 Å². The van der Waals surface area contributed by atoms with Crippen LogP contribution in [-0.4, -0.2) is 9.97 Å². The molecule has 0 fully saturated rings. The molecule has 1 aromatic heterocycles. The van der Waals surface area contributed by atoms with Gasteiger partial charge < -0.3 is 0 Å². The Morgan fingerprint density at radius 1 is 0.298 bits per heavy atom. The third-order valence-corrected chi connectivity index (χ3v) is 12.3. The van der Waals surface area contributed by atoms with Crippen molar-refractivity contribution in [3.05, 3.63) is 229 Å². The number of aromatic nitrogens is 2. The second kappa shape index (κ2) is 12.3. The van der Waals surface area contributed by atoms with Crippen LogP contribution >= 0.6 is 0 Å². The van der Waals surface area contributed by atoms with E-state index in [1.54, 1.807) is 0 Å². The van der Waals surface area contributed by atoms with Gasteiger partial charge >= 0.3 is 0 Å². The largest absolute Gasteiger partial charge is 0.228 e. The number of hydrogen-bond acceptors (Lipinski definition) is 2. The quantitative estimate of drug-likeness (QED) is 0.181. The van der Waals surface area contributed by atoms with Crippen molar-refractivity contribution < 1.29 is 0 Å². The topological polar surface area (TPSA) is 25.8 Å². The Labute approximate surface area is 331 Å². The van der Waals surface area contributed by atoms with Crippen molar-refractivity contribution in [2.75, 3.05) is 0 Å². The minimum Gasteiger partial charge on any atom is -0.228 e. The second-order valence-electron chi connectivity index (χ2n) is 15.2. The smallest absolute Gasteiger partial charge is 0.160 e. The molecule has 2 aliphatic carbocycles. The third-order valence-electron chi connectivity index (χ3n) is 12.3. The average molecular weight is 723 g/mol. The predicted molar refractivity (Wildman–Crippen MR) is 235 cm³/mol. The predicted octanol–water partition coefficient (Wildman–Crippen LogP) is 13.8. The van der Waals surface area contributed by atoms with E-state index >= 15 is 0 Å². The van der Waals surface area contributed by atoms with Gasteiger partial charge in [-0.15, -0.1) is 0 Å². The van der Waals surface area contributed by atoms with E-state index in [0.717, 1.165) is 33.6 Å². The van der Waals surface area contributed by atoms with Crippen LogP contribution in [0.2, 0.25) is 0 Å². The summed E-state index contributed by atoms with van der Waals surface area (Å²) in [5.41, 5.74) is 17.5. The van der Waals surface area contributed by atoms with Crippen LogP contribution in [0.3, 0.4) is 0 Å². The Morgan fingerprint density at radius 3 is 1.65 bits per heavy atom. The fourth-order valence-electron chi connectivity index (χ4n) is 9.87. The molecule has 12 rings (SSSR count). The summed E-state index contributed by atoms with van der Waals surface area (Å²) in [6.45, 7) is 0. The number of rotatable bonds is 4. The average Bonchev–Trinajstić information content (AvgIpc) is 3.76. The van der Waals surface area contributed by atoms with Gasteiger partial charge in [0.05, 0.1) is 16.8 Å². The van der Waals surface area contributed by atoms with Gasteiger partial charge in [-0.3, -0.25) is 0 Å². The highest BCUT2D eigenvalue weighted by molar-refractivity contribution is 6.01. The highest BCUT2D eigenvalue weighted by Crippen LogP contribution is 2.63. The van der Waals surface area contributed by atoms with Gasteiger partial charge in [-0.1, -0.05) is 188 Å². The summed E-state index contributed by atoms with van der Waals surface area (Å²) in [6, 6.07) is 75.0. The zero-order chi connectivity index (χ0) is 37.5. The van der Waals surface area contributed by atoms with Gasteiger partial charge in [-0.2, -0.15) is 0 Å². The molecule has 0 aliphatic heterocycles. The van der Waals surface area contributed by atoms with E-state index in [0.29, 0.717) is 5.82 Å². The summed E-state index contributed by atoms with van der Waals surface area (Å²) >= 11 is 0. The summed E-state index contributed by atoms with van der Waals surface area (Å²) in [6.07, 6.45) is 0. The fraction of sp³-hybridized carbons (Fsp3) is 0.0182. The molecule has 0 saturated heterocycles. The van der Waals surface area contributed by atoms with Crippen LogP contribution in [0.5, 0.6) is 0 Å². The van der Waals surface area contributed by atoms with Crippen molar-refractivity contribution in [2.45, 2.75) is 5.41 Å². The minimum atomic E-state index is -0.391. The molecule has 0 amide bonds. The van der Waals surface area contributed by atoms with Crippen molar-refractivity contribution in [3.8, 4) is 67.3 Å². The van der Waals surface area contributed by atoms with Crippen LogP contribution < -0.4 is 0 Å². The molecular weight excluding hydrogens is 689 g/mol. The molecule has 9 aromatic carbocycles. The van der Waals surface area contributed by atoms with Gasteiger partial charge in [0.25, 0.3) is 0 Å². The summed E-state index contributed by atoms with van der Waals surface area (Å²) in [5.74, 6) is 0.702. The molecule has 57 heavy (non-hydrogen) atoms. The first kappa shape index (κ1) is 31.9. The lowest BCUT2D eigenvalue weighted by Crippen LogP contribution is -2.25. The van der Waals surface area contributed by atoms with Gasteiger partial charge in [-0.25, -0.2) is 9.97 Å². The van der Waals surface area contributed by atoms with E-state index in [9.17, 15) is 0 Å². The lowest BCUT2D eigenvalue weighted by Gasteiger charge is -2.30. The Balaban J connectivity index is 1.07. The molecule has 2 nitrogen and oxygen atoms in total. The number of benzene rings is 9. The number of hydrogen-bond donors (Lipinski definition) is 0. The van der Waals surface area contributed by atoms with Crippen LogP contribution in [0.25, 0.3) is 88.8 Å². The van der Waals surface area contributed by atoms with Crippen LogP contribution in [-0.2, 0) is 5.41 Å². The van der Waals surface area contributed by atoms with E-state index in [-0.39, 0.29) is 0 Å². The van der Waals surface area contributed by atoms with E-state index in [4.69, 9.17) is 9.97 Å². The van der Waals surface area contributed by atoms with Crippen molar-refractivity contribution in [1.29, 1.82) is 0 Å². The first-order chi connectivity index (χ1) is 28.3. The first-order valence-electron chi connectivity index (χ1n) is 19.7. The first-order valence-corrected chi connectivity index (χ1v) is 19.7. The molecule has 1 spiro atoms. The van der Waals surface area contributed by atoms with Crippen molar-refractivity contribution in [1.82, 2.24) is 9.97 Å². The third kappa shape index (κ3) is 4.65. The zero-order valence-electron chi connectivity index (χ0n) is 31.0. The lowest BCUT2D eigenvalue weighted by molar-refractivity contribution is 0.794. The monoisotopic (exact) mass is 722 g/mol. The maximum atomic E-state index is 5.35. The molecule has 2 aliphatic rings. The molecule has 1 heterocycles.